The molecule has 0 aliphatic carbocycles. The molecule has 34 heavy (non-hydrogen) atoms. The van der Waals surface area contributed by atoms with E-state index in [4.69, 9.17) is 0 Å². The zero-order valence-electron chi connectivity index (χ0n) is 20.4. The van der Waals surface area contributed by atoms with Crippen molar-refractivity contribution in [3.05, 3.63) is 58.0 Å². The van der Waals surface area contributed by atoms with Crippen LogP contribution in [0, 0.1) is 5.82 Å². The minimum Gasteiger partial charge on any atom is -0.340 e. The summed E-state index contributed by atoms with van der Waals surface area (Å²) >= 11 is 1.62. The largest absolute Gasteiger partial charge is 0.340 e. The second kappa shape index (κ2) is 14.2. The first-order chi connectivity index (χ1) is 16.5. The molecule has 1 aromatic carbocycles. The SMILES string of the molecule is CCCCCCCC(=O)N(CCN1CCN(C(=O)Cc2cccs2)CC1)Cc1ccc(F)cc1. The Hall–Kier alpha value is -2.25. The molecule has 1 aromatic heterocycles. The summed E-state index contributed by atoms with van der Waals surface area (Å²) in [6.45, 7) is 7.24. The molecule has 0 bridgehead atoms. The van der Waals surface area contributed by atoms with Gasteiger partial charge in [0.05, 0.1) is 6.42 Å². The van der Waals surface area contributed by atoms with E-state index in [1.54, 1.807) is 23.5 Å². The Morgan fingerprint density at radius 1 is 1.00 bits per heavy atom. The van der Waals surface area contributed by atoms with Gasteiger partial charge in [-0.15, -0.1) is 11.3 Å². The van der Waals surface area contributed by atoms with Crippen LogP contribution < -0.4 is 0 Å². The molecule has 3 rings (SSSR count). The van der Waals surface area contributed by atoms with E-state index >= 15 is 0 Å². The average molecular weight is 488 g/mol. The van der Waals surface area contributed by atoms with E-state index in [2.05, 4.69) is 11.8 Å². The van der Waals surface area contributed by atoms with Crippen molar-refractivity contribution < 1.29 is 14.0 Å². The molecule has 7 heteroatoms. The highest BCUT2D eigenvalue weighted by atomic mass is 32.1. The van der Waals surface area contributed by atoms with Gasteiger partial charge >= 0.3 is 0 Å². The molecular weight excluding hydrogens is 449 g/mol. The number of amides is 2. The predicted molar refractivity (Wildman–Crippen MR) is 136 cm³/mol. The Bertz CT molecular complexity index is 865. The topological polar surface area (TPSA) is 43.9 Å². The van der Waals surface area contributed by atoms with Crippen LogP contribution in [0.4, 0.5) is 4.39 Å². The van der Waals surface area contributed by atoms with Gasteiger partial charge in [-0.05, 0) is 35.6 Å². The van der Waals surface area contributed by atoms with Gasteiger partial charge in [0, 0.05) is 57.1 Å². The number of thiophene rings is 1. The molecule has 0 saturated carbocycles. The first-order valence-electron chi connectivity index (χ1n) is 12.6. The van der Waals surface area contributed by atoms with Gasteiger partial charge in [0.1, 0.15) is 5.82 Å². The van der Waals surface area contributed by atoms with Gasteiger partial charge in [-0.25, -0.2) is 4.39 Å². The Balaban J connectivity index is 1.47. The minimum absolute atomic E-state index is 0.172. The first-order valence-corrected chi connectivity index (χ1v) is 13.5. The number of hydrogen-bond acceptors (Lipinski definition) is 4. The van der Waals surface area contributed by atoms with Crippen molar-refractivity contribution in [2.45, 2.75) is 58.4 Å². The summed E-state index contributed by atoms with van der Waals surface area (Å²) in [5.74, 6) is 0.105. The maximum atomic E-state index is 13.3. The molecule has 1 aliphatic rings. The summed E-state index contributed by atoms with van der Waals surface area (Å²) in [6.07, 6.45) is 6.64. The van der Waals surface area contributed by atoms with Crippen molar-refractivity contribution in [2.24, 2.45) is 0 Å². The molecule has 2 aromatic rings. The zero-order chi connectivity index (χ0) is 24.2. The lowest BCUT2D eigenvalue weighted by atomic mass is 10.1. The van der Waals surface area contributed by atoms with Gasteiger partial charge in [-0.2, -0.15) is 0 Å². The average Bonchev–Trinajstić information content (AvgIpc) is 3.36. The molecule has 5 nitrogen and oxygen atoms in total. The molecule has 1 saturated heterocycles. The van der Waals surface area contributed by atoms with Crippen LogP contribution in [0.25, 0.3) is 0 Å². The fraction of sp³-hybridized carbons (Fsp3) is 0.556. The van der Waals surface area contributed by atoms with Gasteiger partial charge in [0.2, 0.25) is 11.8 Å². The maximum Gasteiger partial charge on any atom is 0.227 e. The monoisotopic (exact) mass is 487 g/mol. The van der Waals surface area contributed by atoms with E-state index in [-0.39, 0.29) is 17.6 Å². The summed E-state index contributed by atoms with van der Waals surface area (Å²) in [4.78, 5) is 32.9. The Morgan fingerprint density at radius 3 is 2.41 bits per heavy atom. The van der Waals surface area contributed by atoms with Crippen LogP contribution in [0.3, 0.4) is 0 Å². The van der Waals surface area contributed by atoms with Gasteiger partial charge in [0.25, 0.3) is 0 Å². The second-order valence-corrected chi connectivity index (χ2v) is 10.1. The molecule has 0 N–H and O–H groups in total. The summed E-state index contributed by atoms with van der Waals surface area (Å²) in [5, 5.41) is 2.00. The van der Waals surface area contributed by atoms with Crippen molar-refractivity contribution in [3.8, 4) is 0 Å². The van der Waals surface area contributed by atoms with Crippen LogP contribution in [-0.2, 0) is 22.6 Å². The number of carbonyl (C=O) groups is 2. The van der Waals surface area contributed by atoms with Crippen molar-refractivity contribution in [3.63, 3.8) is 0 Å². The smallest absolute Gasteiger partial charge is 0.227 e. The molecule has 0 unspecified atom stereocenters. The van der Waals surface area contributed by atoms with Crippen LogP contribution in [0.15, 0.2) is 41.8 Å². The highest BCUT2D eigenvalue weighted by Gasteiger charge is 2.22. The van der Waals surface area contributed by atoms with E-state index in [0.717, 1.165) is 56.0 Å². The number of hydrogen-bond donors (Lipinski definition) is 0. The van der Waals surface area contributed by atoms with Crippen LogP contribution in [0.1, 0.15) is 55.9 Å². The number of rotatable bonds is 13. The van der Waals surface area contributed by atoms with Crippen LogP contribution in [0.2, 0.25) is 0 Å². The number of benzene rings is 1. The molecule has 2 amide bonds. The molecule has 186 valence electrons. The molecule has 0 radical (unpaired) electrons. The molecule has 1 aliphatic heterocycles. The number of nitrogens with zero attached hydrogens (tertiary/aromatic N) is 3. The van der Waals surface area contributed by atoms with E-state index in [1.165, 1.54) is 31.4 Å². The van der Waals surface area contributed by atoms with Crippen LogP contribution in [-0.4, -0.2) is 65.8 Å². The normalized spacial score (nSPS) is 14.4. The fourth-order valence-corrected chi connectivity index (χ4v) is 4.99. The number of piperazine rings is 1. The first kappa shape index (κ1) is 26.4. The van der Waals surface area contributed by atoms with E-state index in [9.17, 15) is 14.0 Å². The summed E-state index contributed by atoms with van der Waals surface area (Å²) < 4.78 is 13.3. The van der Waals surface area contributed by atoms with Crippen LogP contribution in [0.5, 0.6) is 0 Å². The van der Waals surface area contributed by atoms with Gasteiger partial charge in [0.15, 0.2) is 0 Å². The number of carbonyl (C=O) groups excluding carboxylic acids is 2. The Morgan fingerprint density at radius 2 is 1.74 bits per heavy atom. The predicted octanol–water partition coefficient (Wildman–Crippen LogP) is 4.96. The molecule has 1 fully saturated rings. The van der Waals surface area contributed by atoms with Crippen LogP contribution >= 0.6 is 11.3 Å². The number of unbranched alkanes of at least 4 members (excludes halogenated alkanes) is 4. The van der Waals surface area contributed by atoms with Crippen molar-refractivity contribution >= 4 is 23.2 Å². The standard InChI is InChI=1S/C27H38FN3O2S/c1-2-3-4-5-6-9-26(32)31(22-23-10-12-24(28)13-11-23)19-16-29-14-17-30(18-15-29)27(33)21-25-8-7-20-34-25/h7-8,10-13,20H,2-6,9,14-19,21-22H2,1H3. The van der Waals surface area contributed by atoms with Crippen molar-refractivity contribution in [1.82, 2.24) is 14.7 Å². The molecule has 0 spiro atoms. The minimum atomic E-state index is -0.260. The molecule has 0 atom stereocenters. The Kier molecular flexibility index (Phi) is 11.0. The lowest BCUT2D eigenvalue weighted by Crippen LogP contribution is -2.50. The molecular formula is C27H38FN3O2S. The van der Waals surface area contributed by atoms with E-state index < -0.39 is 0 Å². The summed E-state index contributed by atoms with van der Waals surface area (Å²) in [5.41, 5.74) is 0.949. The van der Waals surface area contributed by atoms with Gasteiger partial charge in [-0.3, -0.25) is 14.5 Å². The van der Waals surface area contributed by atoms with Crippen molar-refractivity contribution in [2.75, 3.05) is 39.3 Å². The fourth-order valence-electron chi connectivity index (χ4n) is 4.30. The summed E-state index contributed by atoms with van der Waals surface area (Å²) in [6, 6.07) is 10.4. The lowest BCUT2D eigenvalue weighted by Gasteiger charge is -2.36. The third-order valence-electron chi connectivity index (χ3n) is 6.45. The zero-order valence-corrected chi connectivity index (χ0v) is 21.2. The second-order valence-electron chi connectivity index (χ2n) is 9.08. The highest BCUT2D eigenvalue weighted by molar-refractivity contribution is 7.10. The molecule has 2 heterocycles. The van der Waals surface area contributed by atoms with Crippen molar-refractivity contribution in [1.29, 1.82) is 0 Å². The number of halogens is 1. The Labute approximate surface area is 207 Å². The quantitative estimate of drug-likeness (QED) is 0.375. The van der Waals surface area contributed by atoms with Gasteiger partial charge in [-0.1, -0.05) is 50.8 Å². The maximum absolute atomic E-state index is 13.3. The lowest BCUT2D eigenvalue weighted by molar-refractivity contribution is -0.132. The van der Waals surface area contributed by atoms with Gasteiger partial charge < -0.3 is 9.80 Å². The highest BCUT2D eigenvalue weighted by Crippen LogP contribution is 2.14. The third kappa shape index (κ3) is 8.84. The van der Waals surface area contributed by atoms with E-state index in [1.807, 2.05) is 27.3 Å². The summed E-state index contributed by atoms with van der Waals surface area (Å²) in [7, 11) is 0. The third-order valence-corrected chi connectivity index (χ3v) is 7.33. The van der Waals surface area contributed by atoms with E-state index in [0.29, 0.717) is 25.9 Å².